The van der Waals surface area contributed by atoms with Crippen molar-refractivity contribution in [2.24, 2.45) is 0 Å². The van der Waals surface area contributed by atoms with Crippen LogP contribution in [0.25, 0.3) is 22.3 Å². The largest absolute Gasteiger partial charge is 0.223 e. The van der Waals surface area contributed by atoms with Crippen LogP contribution in [0.4, 0.5) is 0 Å². The van der Waals surface area contributed by atoms with Crippen LogP contribution in [0.15, 0.2) is 97.1 Å². The van der Waals surface area contributed by atoms with Gasteiger partial charge in [0, 0.05) is 5.41 Å². The van der Waals surface area contributed by atoms with Crippen LogP contribution in [-0.2, 0) is 10.5 Å². The summed E-state index contributed by atoms with van der Waals surface area (Å²) < 4.78 is 0. The van der Waals surface area contributed by atoms with Crippen molar-refractivity contribution in [2.45, 2.75) is 51.0 Å². The fourth-order valence-electron chi connectivity index (χ4n) is 5.85. The van der Waals surface area contributed by atoms with Gasteiger partial charge in [-0.1, -0.05) is 112 Å². The summed E-state index contributed by atoms with van der Waals surface area (Å²) in [5.41, 5.74) is 9.05. The van der Waals surface area contributed by atoms with Crippen LogP contribution in [0.1, 0.15) is 67.9 Å². The molecule has 0 fully saturated rings. The number of benzene rings is 4. The van der Waals surface area contributed by atoms with Gasteiger partial charge in [0.05, 0.1) is 0 Å². The minimum Gasteiger partial charge on any atom is -0.223 e. The van der Waals surface area contributed by atoms with Gasteiger partial charge in [-0.3, -0.25) is 0 Å². The third-order valence-corrected chi connectivity index (χ3v) is 7.27. The van der Waals surface area contributed by atoms with Crippen LogP contribution in [0.2, 0.25) is 0 Å². The average molecular weight is 432 g/mol. The molecule has 0 aliphatic heterocycles. The summed E-state index contributed by atoms with van der Waals surface area (Å²) in [7, 11) is 0. The van der Waals surface area contributed by atoms with Gasteiger partial charge in [-0.25, -0.2) is 5.11 Å². The maximum absolute atomic E-state index is 13.8. The molecule has 4 aromatic rings. The molecule has 0 N–H and O–H groups in total. The van der Waals surface area contributed by atoms with E-state index in [1.807, 2.05) is 0 Å². The van der Waals surface area contributed by atoms with Gasteiger partial charge in [-0.2, -0.15) is 0 Å². The van der Waals surface area contributed by atoms with E-state index in [0.717, 1.165) is 36.8 Å². The first kappa shape index (κ1) is 21.7. The topological polar surface area (TPSA) is 19.9 Å². The summed E-state index contributed by atoms with van der Waals surface area (Å²) in [6.07, 6.45) is 3.40. The Bertz CT molecular complexity index is 1140. The van der Waals surface area contributed by atoms with Crippen LogP contribution in [-0.4, -0.2) is 0 Å². The van der Waals surface area contributed by atoms with Crippen LogP contribution < -0.4 is 0 Å². The van der Waals surface area contributed by atoms with E-state index in [9.17, 15) is 5.11 Å². The summed E-state index contributed by atoms with van der Waals surface area (Å²) >= 11 is 0. The summed E-state index contributed by atoms with van der Waals surface area (Å²) in [6, 6.07) is 34.1. The van der Waals surface area contributed by atoms with Crippen molar-refractivity contribution in [1.29, 1.82) is 0 Å². The average Bonchev–Trinajstić information content (AvgIpc) is 2.88. The van der Waals surface area contributed by atoms with Gasteiger partial charge in [0.15, 0.2) is 0 Å². The Morgan fingerprint density at radius 1 is 0.576 bits per heavy atom. The highest BCUT2D eigenvalue weighted by Gasteiger charge is 2.43. The zero-order chi connectivity index (χ0) is 22.8. The first-order chi connectivity index (χ1) is 16.2. The zero-order valence-corrected chi connectivity index (χ0v) is 19.6. The number of hydrogen-bond acceptors (Lipinski definition) is 0. The Morgan fingerprint density at radius 2 is 1.00 bits per heavy atom. The fraction of sp³-hybridized carbons (Fsp3) is 0.250. The molecule has 0 atom stereocenters. The standard InChI is InChI=1S/C32H31O/c1-3-19-32(20-4-2)29-21-25(23-11-7-5-8-12-23)15-17-27(29)31(33)28-18-16-26(22-30(28)32)24-13-9-6-10-14-24/h5-18,21-22,31H,3-4,19-20H2,1-2H3. The lowest BCUT2D eigenvalue weighted by Crippen LogP contribution is -2.35. The molecule has 0 unspecified atom stereocenters. The molecule has 1 aliphatic rings. The molecule has 0 amide bonds. The summed E-state index contributed by atoms with van der Waals surface area (Å²) in [6.45, 7) is 4.53. The van der Waals surface area contributed by atoms with Gasteiger partial charge >= 0.3 is 0 Å². The molecule has 1 radical (unpaired) electrons. The minimum atomic E-state index is -0.841. The van der Waals surface area contributed by atoms with E-state index in [1.54, 1.807) is 0 Å². The van der Waals surface area contributed by atoms with E-state index >= 15 is 0 Å². The van der Waals surface area contributed by atoms with E-state index in [0.29, 0.717) is 0 Å². The van der Waals surface area contributed by atoms with Crippen molar-refractivity contribution in [2.75, 3.05) is 0 Å². The molecule has 1 nitrogen and oxygen atoms in total. The lowest BCUT2D eigenvalue weighted by molar-refractivity contribution is 0.115. The molecule has 1 heteroatoms. The van der Waals surface area contributed by atoms with Crippen molar-refractivity contribution in [1.82, 2.24) is 0 Å². The van der Waals surface area contributed by atoms with Gasteiger partial charge < -0.3 is 0 Å². The third kappa shape index (κ3) is 3.71. The van der Waals surface area contributed by atoms with Gasteiger partial charge in [0.25, 0.3) is 0 Å². The molecule has 1 aliphatic carbocycles. The fourth-order valence-corrected chi connectivity index (χ4v) is 5.85. The van der Waals surface area contributed by atoms with E-state index in [1.165, 1.54) is 33.4 Å². The summed E-state index contributed by atoms with van der Waals surface area (Å²) in [4.78, 5) is 0. The molecule has 0 heterocycles. The van der Waals surface area contributed by atoms with E-state index in [4.69, 9.17) is 0 Å². The minimum absolute atomic E-state index is 0.134. The zero-order valence-electron chi connectivity index (χ0n) is 19.6. The molecule has 0 saturated heterocycles. The maximum atomic E-state index is 13.8. The van der Waals surface area contributed by atoms with Crippen LogP contribution >= 0.6 is 0 Å². The second-order valence-electron chi connectivity index (χ2n) is 9.30. The first-order valence-electron chi connectivity index (χ1n) is 12.2. The number of fused-ring (bicyclic) bond motifs is 2. The molecular weight excluding hydrogens is 400 g/mol. The normalized spacial score (nSPS) is 14.5. The van der Waals surface area contributed by atoms with Crippen molar-refractivity contribution in [3.05, 3.63) is 119 Å². The number of rotatable bonds is 6. The van der Waals surface area contributed by atoms with Crippen molar-refractivity contribution in [3.63, 3.8) is 0 Å². The Labute approximate surface area is 197 Å². The van der Waals surface area contributed by atoms with Crippen molar-refractivity contribution in [3.8, 4) is 22.3 Å². The van der Waals surface area contributed by atoms with E-state index < -0.39 is 6.10 Å². The Kier molecular flexibility index (Phi) is 5.91. The summed E-state index contributed by atoms with van der Waals surface area (Å²) in [5.74, 6) is 0. The molecule has 165 valence electrons. The Balaban J connectivity index is 1.75. The van der Waals surface area contributed by atoms with Crippen LogP contribution in [0.3, 0.4) is 0 Å². The van der Waals surface area contributed by atoms with Crippen molar-refractivity contribution >= 4 is 0 Å². The molecule has 0 bridgehead atoms. The predicted molar refractivity (Wildman–Crippen MR) is 137 cm³/mol. The van der Waals surface area contributed by atoms with Crippen LogP contribution in [0, 0.1) is 0 Å². The SMILES string of the molecule is CCCC1(CCC)c2cc(-c3ccccc3)ccc2C([O])c2ccc(-c3ccccc3)cc21. The Hall–Kier alpha value is -3.16. The lowest BCUT2D eigenvalue weighted by Gasteiger charge is -2.43. The van der Waals surface area contributed by atoms with Gasteiger partial charge in [-0.05, 0) is 69.5 Å². The highest BCUT2D eigenvalue weighted by Crippen LogP contribution is 2.52. The molecule has 5 rings (SSSR count). The summed E-state index contributed by atoms with van der Waals surface area (Å²) in [5, 5.41) is 13.8. The lowest BCUT2D eigenvalue weighted by atomic mass is 9.61. The quantitative estimate of drug-likeness (QED) is 0.291. The molecule has 0 spiro atoms. The highest BCUT2D eigenvalue weighted by atomic mass is 16.3. The molecule has 33 heavy (non-hydrogen) atoms. The second-order valence-corrected chi connectivity index (χ2v) is 9.30. The van der Waals surface area contributed by atoms with Gasteiger partial charge in [0.2, 0.25) is 0 Å². The first-order valence-corrected chi connectivity index (χ1v) is 12.2. The molecule has 0 saturated carbocycles. The molecule has 0 aromatic heterocycles. The van der Waals surface area contributed by atoms with Gasteiger partial charge in [-0.15, -0.1) is 0 Å². The van der Waals surface area contributed by atoms with Gasteiger partial charge in [0.1, 0.15) is 6.10 Å². The predicted octanol–water partition coefficient (Wildman–Crippen LogP) is 8.74. The van der Waals surface area contributed by atoms with E-state index in [2.05, 4.69) is 111 Å². The maximum Gasteiger partial charge on any atom is 0.144 e. The smallest absolute Gasteiger partial charge is 0.144 e. The van der Waals surface area contributed by atoms with E-state index in [-0.39, 0.29) is 5.41 Å². The Morgan fingerprint density at radius 3 is 1.39 bits per heavy atom. The highest BCUT2D eigenvalue weighted by molar-refractivity contribution is 5.71. The van der Waals surface area contributed by atoms with Crippen molar-refractivity contribution < 1.29 is 5.11 Å². The molecular formula is C32H31O. The number of hydrogen-bond donors (Lipinski definition) is 0. The second kappa shape index (κ2) is 9.00. The molecule has 4 aromatic carbocycles. The van der Waals surface area contributed by atoms with Crippen LogP contribution in [0.5, 0.6) is 0 Å². The monoisotopic (exact) mass is 431 g/mol. The third-order valence-electron chi connectivity index (χ3n) is 7.27.